The van der Waals surface area contributed by atoms with Gasteiger partial charge in [0.15, 0.2) is 0 Å². The molecular weight excluding hydrogens is 317 g/mol. The number of hydrogen-bond donors (Lipinski definition) is 1. The van der Waals surface area contributed by atoms with Gasteiger partial charge >= 0.3 is 5.97 Å². The van der Waals surface area contributed by atoms with E-state index in [9.17, 15) is 4.79 Å². The molecule has 1 aromatic carbocycles. The average molecular weight is 331 g/mol. The largest absolute Gasteiger partial charge is 0.481 e. The maximum Gasteiger partial charge on any atom is 0.305 e. The number of hydrogen-bond acceptors (Lipinski definition) is 2. The summed E-state index contributed by atoms with van der Waals surface area (Å²) in [6, 6.07) is 6.39. The van der Waals surface area contributed by atoms with Crippen LogP contribution in [0.1, 0.15) is 18.4 Å². The lowest BCUT2D eigenvalue weighted by atomic mass is 10.0. The van der Waals surface area contributed by atoms with Crippen LogP contribution in [0.25, 0.3) is 0 Å². The molecule has 1 heterocycles. The van der Waals surface area contributed by atoms with Crippen LogP contribution in [0.5, 0.6) is 0 Å². The summed E-state index contributed by atoms with van der Waals surface area (Å²) in [7, 11) is 0. The predicted molar refractivity (Wildman–Crippen MR) is 71.9 cm³/mol. The van der Waals surface area contributed by atoms with Crippen LogP contribution < -0.4 is 4.90 Å². The molecule has 16 heavy (non-hydrogen) atoms. The number of nitrogens with zero attached hydrogens (tertiary/aromatic N) is 1. The highest BCUT2D eigenvalue weighted by Gasteiger charge is 2.17. The molecule has 0 bridgehead atoms. The molecule has 1 N–H and O–H groups in total. The van der Waals surface area contributed by atoms with Gasteiger partial charge in [-0.15, -0.1) is 0 Å². The van der Waals surface area contributed by atoms with E-state index in [0.717, 1.165) is 19.4 Å². The zero-order valence-corrected chi connectivity index (χ0v) is 11.1. The van der Waals surface area contributed by atoms with E-state index < -0.39 is 5.97 Å². The summed E-state index contributed by atoms with van der Waals surface area (Å²) in [5, 5.41) is 8.71. The molecule has 1 aromatic rings. The number of aliphatic carboxylic acids is 1. The van der Waals surface area contributed by atoms with Crippen LogP contribution in [0.3, 0.4) is 0 Å². The average Bonchev–Trinajstić information content (AvgIpc) is 2.25. The molecule has 2 rings (SSSR count). The van der Waals surface area contributed by atoms with Gasteiger partial charge in [-0.25, -0.2) is 0 Å². The summed E-state index contributed by atoms with van der Waals surface area (Å²) >= 11 is 2.31. The number of halogens is 1. The summed E-state index contributed by atoms with van der Waals surface area (Å²) in [5.74, 6) is -0.724. The third-order valence-electron chi connectivity index (χ3n) is 2.85. The minimum absolute atomic E-state index is 0.214. The number of rotatable bonds is 3. The fourth-order valence-corrected chi connectivity index (χ4v) is 2.66. The van der Waals surface area contributed by atoms with Gasteiger partial charge in [0.05, 0.1) is 6.42 Å². The third-order valence-corrected chi connectivity index (χ3v) is 3.52. The van der Waals surface area contributed by atoms with E-state index in [1.54, 1.807) is 0 Å². The molecule has 3 nitrogen and oxygen atoms in total. The van der Waals surface area contributed by atoms with Crippen LogP contribution in [0.4, 0.5) is 5.69 Å². The van der Waals surface area contributed by atoms with Gasteiger partial charge in [-0.1, -0.05) is 0 Å². The molecule has 0 amide bonds. The van der Waals surface area contributed by atoms with Crippen LogP contribution in [0.15, 0.2) is 18.2 Å². The highest BCUT2D eigenvalue weighted by molar-refractivity contribution is 14.1. The number of aryl methyl sites for hydroxylation is 1. The zero-order chi connectivity index (χ0) is 11.5. The molecule has 1 aliphatic heterocycles. The lowest BCUT2D eigenvalue weighted by molar-refractivity contribution is -0.136. The second-order valence-electron chi connectivity index (χ2n) is 4.01. The maximum absolute atomic E-state index is 10.6. The fraction of sp³-hybridized carbons (Fsp3) is 0.417. The van der Waals surface area contributed by atoms with Crippen molar-refractivity contribution >= 4 is 34.2 Å². The lowest BCUT2D eigenvalue weighted by Gasteiger charge is -2.31. The number of carbonyl (C=O) groups is 1. The number of benzene rings is 1. The van der Waals surface area contributed by atoms with E-state index in [-0.39, 0.29) is 6.42 Å². The van der Waals surface area contributed by atoms with Crippen LogP contribution in [-0.4, -0.2) is 24.2 Å². The van der Waals surface area contributed by atoms with Crippen molar-refractivity contribution in [3.63, 3.8) is 0 Å². The molecular formula is C12H14INO2. The van der Waals surface area contributed by atoms with Crippen molar-refractivity contribution in [2.24, 2.45) is 0 Å². The summed E-state index contributed by atoms with van der Waals surface area (Å²) in [6.45, 7) is 1.59. The first-order valence-electron chi connectivity index (χ1n) is 5.42. The maximum atomic E-state index is 10.6. The number of carboxylic acid groups (broad SMARTS) is 1. The number of carboxylic acids is 1. The van der Waals surface area contributed by atoms with E-state index in [2.05, 4.69) is 45.7 Å². The molecule has 0 aliphatic carbocycles. The van der Waals surface area contributed by atoms with Gasteiger partial charge < -0.3 is 10.0 Å². The minimum Gasteiger partial charge on any atom is -0.481 e. The summed E-state index contributed by atoms with van der Waals surface area (Å²) in [6.07, 6.45) is 2.44. The van der Waals surface area contributed by atoms with Gasteiger partial charge in [0.2, 0.25) is 0 Å². The first kappa shape index (κ1) is 11.7. The van der Waals surface area contributed by atoms with Crippen LogP contribution in [0.2, 0.25) is 0 Å². The first-order valence-corrected chi connectivity index (χ1v) is 6.50. The van der Waals surface area contributed by atoms with E-state index in [0.29, 0.717) is 6.54 Å². The van der Waals surface area contributed by atoms with Gasteiger partial charge in [0.25, 0.3) is 0 Å². The Labute approximate surface area is 109 Å². The van der Waals surface area contributed by atoms with Crippen molar-refractivity contribution < 1.29 is 9.90 Å². The molecule has 4 heteroatoms. The molecule has 0 unspecified atom stereocenters. The molecule has 0 fully saturated rings. The Morgan fingerprint density at radius 2 is 2.31 bits per heavy atom. The standard InChI is InChI=1S/C12H14INO2/c13-10-3-4-11-9(8-10)2-1-6-14(11)7-5-12(15)16/h3-4,8H,1-2,5-7H2,(H,15,16). The Hall–Kier alpha value is -0.780. The van der Waals surface area contributed by atoms with Crippen molar-refractivity contribution in [2.45, 2.75) is 19.3 Å². The molecule has 0 saturated carbocycles. The molecule has 0 saturated heterocycles. The van der Waals surface area contributed by atoms with Crippen molar-refractivity contribution in [3.05, 3.63) is 27.3 Å². The van der Waals surface area contributed by atoms with Gasteiger partial charge in [-0.2, -0.15) is 0 Å². The Morgan fingerprint density at radius 1 is 1.50 bits per heavy atom. The van der Waals surface area contributed by atoms with Gasteiger partial charge in [-0.3, -0.25) is 4.79 Å². The normalized spacial score (nSPS) is 14.7. The second-order valence-corrected chi connectivity index (χ2v) is 5.25. The molecule has 0 spiro atoms. The van der Waals surface area contributed by atoms with E-state index in [1.807, 2.05) is 0 Å². The third kappa shape index (κ3) is 2.66. The zero-order valence-electron chi connectivity index (χ0n) is 8.95. The fourth-order valence-electron chi connectivity index (χ4n) is 2.11. The lowest BCUT2D eigenvalue weighted by Crippen LogP contribution is -2.31. The Kier molecular flexibility index (Phi) is 3.68. The Bertz CT molecular complexity index is 406. The van der Waals surface area contributed by atoms with Gasteiger partial charge in [-0.05, 0) is 59.2 Å². The van der Waals surface area contributed by atoms with E-state index >= 15 is 0 Å². The molecule has 0 radical (unpaired) electrons. The second kappa shape index (κ2) is 5.03. The van der Waals surface area contributed by atoms with E-state index in [1.165, 1.54) is 14.8 Å². The Morgan fingerprint density at radius 3 is 3.06 bits per heavy atom. The summed E-state index contributed by atoms with van der Waals surface area (Å²) in [4.78, 5) is 12.8. The van der Waals surface area contributed by atoms with Crippen molar-refractivity contribution in [3.8, 4) is 0 Å². The van der Waals surface area contributed by atoms with Crippen LogP contribution in [0, 0.1) is 3.57 Å². The van der Waals surface area contributed by atoms with Crippen LogP contribution in [-0.2, 0) is 11.2 Å². The monoisotopic (exact) mass is 331 g/mol. The first-order chi connectivity index (χ1) is 7.66. The SMILES string of the molecule is O=C(O)CCN1CCCc2cc(I)ccc21. The van der Waals surface area contributed by atoms with Crippen molar-refractivity contribution in [1.29, 1.82) is 0 Å². The summed E-state index contributed by atoms with van der Waals surface area (Å²) in [5.41, 5.74) is 2.57. The quantitative estimate of drug-likeness (QED) is 0.866. The van der Waals surface area contributed by atoms with Gasteiger partial charge in [0, 0.05) is 22.3 Å². The highest BCUT2D eigenvalue weighted by atomic mass is 127. The summed E-state index contributed by atoms with van der Waals surface area (Å²) < 4.78 is 1.25. The van der Waals surface area contributed by atoms with Gasteiger partial charge in [0.1, 0.15) is 0 Å². The molecule has 0 atom stereocenters. The van der Waals surface area contributed by atoms with Crippen LogP contribution >= 0.6 is 22.6 Å². The van der Waals surface area contributed by atoms with E-state index in [4.69, 9.17) is 5.11 Å². The Balaban J connectivity index is 2.16. The van der Waals surface area contributed by atoms with Crippen molar-refractivity contribution in [2.75, 3.05) is 18.0 Å². The minimum atomic E-state index is -0.724. The molecule has 86 valence electrons. The molecule has 1 aliphatic rings. The predicted octanol–water partition coefficient (Wildman–Crippen LogP) is 2.52. The topological polar surface area (TPSA) is 40.5 Å². The number of anilines is 1. The molecule has 0 aromatic heterocycles. The number of fused-ring (bicyclic) bond motifs is 1. The van der Waals surface area contributed by atoms with Crippen molar-refractivity contribution in [1.82, 2.24) is 0 Å². The smallest absolute Gasteiger partial charge is 0.305 e. The highest BCUT2D eigenvalue weighted by Crippen LogP contribution is 2.28.